The summed E-state index contributed by atoms with van der Waals surface area (Å²) < 4.78 is 39.2. The third-order valence-corrected chi connectivity index (χ3v) is 3.67. The second kappa shape index (κ2) is 5.36. The van der Waals surface area contributed by atoms with Crippen molar-refractivity contribution in [3.63, 3.8) is 0 Å². The number of nitrogens with zero attached hydrogens (tertiary/aromatic N) is 3. The molecule has 0 aliphatic heterocycles. The van der Waals surface area contributed by atoms with E-state index in [1.807, 2.05) is 12.1 Å². The van der Waals surface area contributed by atoms with Gasteiger partial charge in [-0.25, -0.2) is 9.97 Å². The third-order valence-electron chi connectivity index (χ3n) is 3.67. The van der Waals surface area contributed by atoms with Gasteiger partial charge in [0.25, 0.3) is 0 Å². The van der Waals surface area contributed by atoms with Crippen LogP contribution in [-0.2, 0) is 6.18 Å². The van der Waals surface area contributed by atoms with Crippen molar-refractivity contribution in [2.75, 3.05) is 10.6 Å². The van der Waals surface area contributed by atoms with Gasteiger partial charge >= 0.3 is 6.18 Å². The van der Waals surface area contributed by atoms with Gasteiger partial charge in [0.05, 0.1) is 11.9 Å². The van der Waals surface area contributed by atoms with Crippen molar-refractivity contribution in [1.82, 2.24) is 19.9 Å². The zero-order valence-corrected chi connectivity index (χ0v) is 12.4. The minimum absolute atomic E-state index is 0.0479. The fraction of sp³-hybridized carbons (Fsp3) is 0.267. The third kappa shape index (κ3) is 2.97. The molecule has 0 aromatic carbocycles. The first-order chi connectivity index (χ1) is 11.5. The van der Waals surface area contributed by atoms with Gasteiger partial charge in [-0.2, -0.15) is 18.2 Å². The largest absolute Gasteiger partial charge is 0.421 e. The second-order valence-corrected chi connectivity index (χ2v) is 5.64. The Morgan fingerprint density at radius 1 is 1.17 bits per heavy atom. The number of halogens is 3. The molecule has 9 heteroatoms. The molecular formula is C15H13F3N6. The van der Waals surface area contributed by atoms with E-state index in [0.717, 1.165) is 30.1 Å². The number of hydrogen-bond donors (Lipinski definition) is 3. The van der Waals surface area contributed by atoms with Crippen molar-refractivity contribution in [3.8, 4) is 0 Å². The molecule has 3 aromatic heterocycles. The van der Waals surface area contributed by atoms with Crippen LogP contribution in [0.4, 0.5) is 30.6 Å². The van der Waals surface area contributed by atoms with E-state index < -0.39 is 11.7 Å². The van der Waals surface area contributed by atoms with Gasteiger partial charge in [0.1, 0.15) is 17.0 Å². The van der Waals surface area contributed by atoms with E-state index in [1.54, 1.807) is 12.4 Å². The Morgan fingerprint density at radius 2 is 2.00 bits per heavy atom. The minimum atomic E-state index is -4.50. The zero-order valence-electron chi connectivity index (χ0n) is 12.4. The van der Waals surface area contributed by atoms with Crippen LogP contribution in [0.1, 0.15) is 18.4 Å². The second-order valence-electron chi connectivity index (χ2n) is 5.64. The first-order valence-corrected chi connectivity index (χ1v) is 7.40. The van der Waals surface area contributed by atoms with Crippen LogP contribution in [0.2, 0.25) is 0 Å². The summed E-state index contributed by atoms with van der Waals surface area (Å²) in [5, 5.41) is 6.58. The maximum absolute atomic E-state index is 13.1. The highest BCUT2D eigenvalue weighted by Crippen LogP contribution is 2.36. The molecule has 3 aromatic rings. The Bertz CT molecular complexity index is 884. The van der Waals surface area contributed by atoms with E-state index in [1.165, 1.54) is 0 Å². The molecule has 0 unspecified atom stereocenters. The molecule has 0 saturated heterocycles. The Balaban J connectivity index is 1.64. The van der Waals surface area contributed by atoms with Crippen molar-refractivity contribution >= 4 is 28.5 Å². The first kappa shape index (κ1) is 14.7. The number of hydrogen-bond acceptors (Lipinski definition) is 5. The number of nitrogens with one attached hydrogen (secondary N) is 3. The molecule has 3 heterocycles. The summed E-state index contributed by atoms with van der Waals surface area (Å²) in [6.45, 7) is 0. The van der Waals surface area contributed by atoms with E-state index >= 15 is 0 Å². The molecule has 0 amide bonds. The van der Waals surface area contributed by atoms with Crippen LogP contribution < -0.4 is 10.6 Å². The Kier molecular flexibility index (Phi) is 3.29. The lowest BCUT2D eigenvalue weighted by Gasteiger charge is -2.14. The Morgan fingerprint density at radius 3 is 2.75 bits per heavy atom. The summed E-state index contributed by atoms with van der Waals surface area (Å²) in [7, 11) is 0. The van der Waals surface area contributed by atoms with E-state index in [4.69, 9.17) is 0 Å². The molecule has 1 saturated carbocycles. The van der Waals surface area contributed by atoms with Crippen LogP contribution in [0.5, 0.6) is 0 Å². The minimum Gasteiger partial charge on any atom is -0.367 e. The summed E-state index contributed by atoms with van der Waals surface area (Å²) in [5.41, 5.74) is 0.461. The van der Waals surface area contributed by atoms with Gasteiger partial charge in [-0.05, 0) is 25.0 Å². The van der Waals surface area contributed by atoms with Crippen LogP contribution in [0.15, 0.2) is 30.7 Å². The highest BCUT2D eigenvalue weighted by molar-refractivity contribution is 5.79. The number of H-pyrrole nitrogens is 1. The molecular weight excluding hydrogens is 321 g/mol. The van der Waals surface area contributed by atoms with Gasteiger partial charge in [0.15, 0.2) is 0 Å². The molecule has 6 nitrogen and oxygen atoms in total. The fourth-order valence-corrected chi connectivity index (χ4v) is 2.32. The quantitative estimate of drug-likeness (QED) is 0.678. The number of aromatic amines is 1. The maximum Gasteiger partial charge on any atom is 0.421 e. The van der Waals surface area contributed by atoms with Crippen LogP contribution in [-0.4, -0.2) is 26.0 Å². The average molecular weight is 334 g/mol. The molecule has 1 fully saturated rings. The molecule has 0 radical (unpaired) electrons. The van der Waals surface area contributed by atoms with Crippen molar-refractivity contribution in [3.05, 3.63) is 36.3 Å². The Hall–Kier alpha value is -2.84. The fourth-order valence-electron chi connectivity index (χ4n) is 2.32. The summed E-state index contributed by atoms with van der Waals surface area (Å²) in [6.07, 6.45) is 1.31. The molecule has 0 atom stereocenters. The van der Waals surface area contributed by atoms with Gasteiger partial charge in [0, 0.05) is 23.8 Å². The van der Waals surface area contributed by atoms with Gasteiger partial charge in [-0.3, -0.25) is 0 Å². The van der Waals surface area contributed by atoms with Crippen LogP contribution in [0, 0.1) is 0 Å². The number of anilines is 3. The molecule has 1 aliphatic rings. The van der Waals surface area contributed by atoms with E-state index in [2.05, 4.69) is 30.6 Å². The van der Waals surface area contributed by atoms with E-state index in [0.29, 0.717) is 5.69 Å². The molecule has 1 aliphatic carbocycles. The SMILES string of the molecule is FC(F)(F)c1cnc(Nc2cnc3[nH]ccc3c2)nc1NC1CC1. The zero-order chi connectivity index (χ0) is 16.7. The summed E-state index contributed by atoms with van der Waals surface area (Å²) in [4.78, 5) is 14.9. The molecule has 3 N–H and O–H groups in total. The Labute approximate surface area is 134 Å². The topological polar surface area (TPSA) is 78.5 Å². The lowest BCUT2D eigenvalue weighted by atomic mass is 10.3. The van der Waals surface area contributed by atoms with Crippen LogP contribution >= 0.6 is 0 Å². The highest BCUT2D eigenvalue weighted by atomic mass is 19.4. The van der Waals surface area contributed by atoms with Crippen LogP contribution in [0.25, 0.3) is 11.0 Å². The number of aromatic nitrogens is 4. The molecule has 0 bridgehead atoms. The molecule has 24 heavy (non-hydrogen) atoms. The van der Waals surface area contributed by atoms with E-state index in [9.17, 15) is 13.2 Å². The monoisotopic (exact) mass is 334 g/mol. The summed E-state index contributed by atoms with van der Waals surface area (Å²) >= 11 is 0. The maximum atomic E-state index is 13.1. The average Bonchev–Trinajstić information content (AvgIpc) is 3.21. The van der Waals surface area contributed by atoms with Crippen LogP contribution in [0.3, 0.4) is 0 Å². The van der Waals surface area contributed by atoms with Crippen molar-refractivity contribution < 1.29 is 13.2 Å². The molecule has 124 valence electrons. The predicted octanol–water partition coefficient (Wildman–Crippen LogP) is 3.69. The van der Waals surface area contributed by atoms with Gasteiger partial charge in [0.2, 0.25) is 5.95 Å². The van der Waals surface area contributed by atoms with E-state index in [-0.39, 0.29) is 17.8 Å². The smallest absolute Gasteiger partial charge is 0.367 e. The predicted molar refractivity (Wildman–Crippen MR) is 83.1 cm³/mol. The summed E-state index contributed by atoms with van der Waals surface area (Å²) in [5.74, 6) is -0.110. The number of alkyl halides is 3. The number of rotatable bonds is 4. The molecule has 4 rings (SSSR count). The van der Waals surface area contributed by atoms with Gasteiger partial charge < -0.3 is 15.6 Å². The highest BCUT2D eigenvalue weighted by Gasteiger charge is 2.36. The normalized spacial score (nSPS) is 14.8. The van der Waals surface area contributed by atoms with Crippen molar-refractivity contribution in [2.24, 2.45) is 0 Å². The number of pyridine rings is 1. The van der Waals surface area contributed by atoms with Crippen molar-refractivity contribution in [2.45, 2.75) is 25.1 Å². The lowest BCUT2D eigenvalue weighted by molar-refractivity contribution is -0.137. The lowest BCUT2D eigenvalue weighted by Crippen LogP contribution is -2.15. The number of fused-ring (bicyclic) bond motifs is 1. The van der Waals surface area contributed by atoms with Gasteiger partial charge in [-0.1, -0.05) is 0 Å². The summed E-state index contributed by atoms with van der Waals surface area (Å²) in [6, 6.07) is 3.71. The molecule has 0 spiro atoms. The first-order valence-electron chi connectivity index (χ1n) is 7.40. The van der Waals surface area contributed by atoms with Gasteiger partial charge in [-0.15, -0.1) is 0 Å². The standard InChI is InChI=1S/C15H13F3N6/c16-15(17,18)11-7-21-14(24-13(11)22-9-1-2-9)23-10-5-8-3-4-19-12(8)20-6-10/h3-7,9H,1-2H2,(H,19,20)(H2,21,22,23,24). The van der Waals surface area contributed by atoms with Crippen molar-refractivity contribution in [1.29, 1.82) is 0 Å².